The first-order valence-electron chi connectivity index (χ1n) is 5.05. The van der Waals surface area contributed by atoms with Crippen LogP contribution >= 0.6 is 0 Å². The first kappa shape index (κ1) is 13.6. The van der Waals surface area contributed by atoms with Gasteiger partial charge in [0, 0.05) is 0 Å². The number of carbonyl (C=O) groups excluding carboxylic acids is 2. The maximum Gasteiger partial charge on any atom is 0.358 e. The van der Waals surface area contributed by atoms with E-state index in [1.807, 2.05) is 6.07 Å². The van der Waals surface area contributed by atoms with Crippen LogP contribution in [0, 0.1) is 25.2 Å². The van der Waals surface area contributed by atoms with Crippen LogP contribution in [0.25, 0.3) is 0 Å². The average molecular weight is 248 g/mol. The molecule has 1 heterocycles. The van der Waals surface area contributed by atoms with E-state index in [4.69, 9.17) is 5.26 Å². The molecule has 0 bridgehead atoms. The van der Waals surface area contributed by atoms with Crippen LogP contribution in [0.4, 0.5) is 0 Å². The van der Waals surface area contributed by atoms with Crippen molar-refractivity contribution in [2.45, 2.75) is 13.8 Å². The predicted octanol–water partition coefficient (Wildman–Crippen LogP) is 1.14. The maximum absolute atomic E-state index is 11.5. The fraction of sp³-hybridized carbons (Fsp3) is 0.333. The summed E-state index contributed by atoms with van der Waals surface area (Å²) in [7, 11) is 2.40. The highest BCUT2D eigenvalue weighted by molar-refractivity contribution is 5.95. The van der Waals surface area contributed by atoms with Gasteiger partial charge >= 0.3 is 11.9 Å². The topological polar surface area (TPSA) is 89.3 Å². The second kappa shape index (κ2) is 5.27. The molecule has 0 spiro atoms. The van der Waals surface area contributed by atoms with Gasteiger partial charge in [-0.05, 0) is 25.0 Å². The lowest BCUT2D eigenvalue weighted by Crippen LogP contribution is -2.16. The first-order valence-corrected chi connectivity index (χ1v) is 5.05. The van der Waals surface area contributed by atoms with Gasteiger partial charge in [0.25, 0.3) is 0 Å². The summed E-state index contributed by atoms with van der Waals surface area (Å²) in [6, 6.07) is 1.89. The number of ether oxygens (including phenoxy) is 2. The van der Waals surface area contributed by atoms with E-state index in [9.17, 15) is 9.59 Å². The maximum atomic E-state index is 11.5. The van der Waals surface area contributed by atoms with E-state index in [-0.39, 0.29) is 17.0 Å². The third-order valence-corrected chi connectivity index (χ3v) is 2.62. The minimum absolute atomic E-state index is 0.00870. The molecular formula is C12H12N2O4. The molecule has 0 aliphatic heterocycles. The van der Waals surface area contributed by atoms with Crippen LogP contribution in [0.15, 0.2) is 0 Å². The molecule has 0 aliphatic rings. The highest BCUT2D eigenvalue weighted by Gasteiger charge is 2.23. The molecule has 0 aliphatic carbocycles. The summed E-state index contributed by atoms with van der Waals surface area (Å²) in [4.78, 5) is 26.9. The molecule has 0 N–H and O–H groups in total. The summed E-state index contributed by atoms with van der Waals surface area (Å²) < 4.78 is 9.11. The van der Waals surface area contributed by atoms with Crippen LogP contribution in [0.5, 0.6) is 0 Å². The molecule has 0 unspecified atom stereocenters. The van der Waals surface area contributed by atoms with Crippen molar-refractivity contribution in [2.75, 3.05) is 14.2 Å². The smallest absolute Gasteiger partial charge is 0.358 e. The minimum Gasteiger partial charge on any atom is -0.464 e. The van der Waals surface area contributed by atoms with E-state index in [0.29, 0.717) is 11.1 Å². The molecule has 0 atom stereocenters. The number of hydrogen-bond donors (Lipinski definition) is 0. The van der Waals surface area contributed by atoms with E-state index >= 15 is 0 Å². The quantitative estimate of drug-likeness (QED) is 0.729. The van der Waals surface area contributed by atoms with E-state index < -0.39 is 11.9 Å². The molecule has 1 rings (SSSR count). The molecule has 0 radical (unpaired) electrons. The second-order valence-corrected chi connectivity index (χ2v) is 3.53. The van der Waals surface area contributed by atoms with Gasteiger partial charge in [-0.3, -0.25) is 0 Å². The zero-order valence-electron chi connectivity index (χ0n) is 10.5. The van der Waals surface area contributed by atoms with Gasteiger partial charge in [0.2, 0.25) is 0 Å². The molecule has 0 saturated heterocycles. The van der Waals surface area contributed by atoms with Crippen LogP contribution in [-0.4, -0.2) is 31.1 Å². The number of methoxy groups -OCH3 is 2. The minimum atomic E-state index is -0.764. The fourth-order valence-electron chi connectivity index (χ4n) is 1.47. The van der Waals surface area contributed by atoms with Crippen molar-refractivity contribution < 1.29 is 19.1 Å². The molecule has 1 aromatic rings. The summed E-state index contributed by atoms with van der Waals surface area (Å²) in [6.07, 6.45) is 0. The van der Waals surface area contributed by atoms with Gasteiger partial charge in [0.1, 0.15) is 6.07 Å². The van der Waals surface area contributed by atoms with Gasteiger partial charge in [-0.25, -0.2) is 14.6 Å². The number of aromatic nitrogens is 1. The van der Waals surface area contributed by atoms with Crippen LogP contribution in [0.1, 0.15) is 37.7 Å². The van der Waals surface area contributed by atoms with Gasteiger partial charge < -0.3 is 9.47 Å². The van der Waals surface area contributed by atoms with Crippen LogP contribution < -0.4 is 0 Å². The van der Waals surface area contributed by atoms with Crippen LogP contribution in [0.2, 0.25) is 0 Å². The summed E-state index contributed by atoms with van der Waals surface area (Å²) in [5, 5.41) is 9.04. The van der Waals surface area contributed by atoms with Gasteiger partial charge in [0.05, 0.1) is 19.8 Å². The molecule has 6 heteroatoms. The van der Waals surface area contributed by atoms with Crippen molar-refractivity contribution in [2.24, 2.45) is 0 Å². The third-order valence-electron chi connectivity index (χ3n) is 2.62. The lowest BCUT2D eigenvalue weighted by atomic mass is 10.0. The second-order valence-electron chi connectivity index (χ2n) is 3.53. The number of pyridine rings is 1. The number of esters is 2. The summed E-state index contributed by atoms with van der Waals surface area (Å²) in [6.45, 7) is 3.27. The Morgan fingerprint density at radius 2 is 1.56 bits per heavy atom. The monoisotopic (exact) mass is 248 g/mol. The number of nitrogens with zero attached hydrogens (tertiary/aromatic N) is 2. The molecular weight excluding hydrogens is 236 g/mol. The van der Waals surface area contributed by atoms with Crippen LogP contribution in [0.3, 0.4) is 0 Å². The summed E-state index contributed by atoms with van der Waals surface area (Å²) in [5.74, 6) is -1.43. The molecule has 6 nitrogen and oxygen atoms in total. The highest BCUT2D eigenvalue weighted by atomic mass is 16.5. The number of rotatable bonds is 2. The Morgan fingerprint density at radius 1 is 1.06 bits per heavy atom. The molecule has 94 valence electrons. The Hall–Kier alpha value is -2.42. The number of nitriles is 1. The number of carbonyl (C=O) groups is 2. The molecule has 1 aromatic heterocycles. The molecule has 0 fully saturated rings. The zero-order valence-corrected chi connectivity index (χ0v) is 10.5. The normalized spacial score (nSPS) is 9.50. The summed E-state index contributed by atoms with van der Waals surface area (Å²) >= 11 is 0. The van der Waals surface area contributed by atoms with Gasteiger partial charge in [-0.1, -0.05) is 0 Å². The lowest BCUT2D eigenvalue weighted by molar-refractivity contribution is 0.0584. The SMILES string of the molecule is COC(=O)c1nc(C(=O)OC)c(C#N)c(C)c1C. The van der Waals surface area contributed by atoms with Crippen molar-refractivity contribution in [1.29, 1.82) is 5.26 Å². The van der Waals surface area contributed by atoms with Gasteiger partial charge in [-0.15, -0.1) is 0 Å². The highest BCUT2D eigenvalue weighted by Crippen LogP contribution is 2.20. The lowest BCUT2D eigenvalue weighted by Gasteiger charge is -2.10. The Labute approximate surface area is 104 Å². The van der Waals surface area contributed by atoms with Crippen molar-refractivity contribution in [3.05, 3.63) is 28.1 Å². The molecule has 0 amide bonds. The standard InChI is InChI=1S/C12H12N2O4/c1-6-7(2)9(11(15)17-3)14-10(8(6)5-13)12(16)18-4/h1-4H3. The van der Waals surface area contributed by atoms with Crippen molar-refractivity contribution in [3.63, 3.8) is 0 Å². The van der Waals surface area contributed by atoms with Crippen molar-refractivity contribution in [3.8, 4) is 6.07 Å². The average Bonchev–Trinajstić information content (AvgIpc) is 2.39. The molecule has 0 aromatic carbocycles. The Kier molecular flexibility index (Phi) is 4.00. The van der Waals surface area contributed by atoms with Crippen LogP contribution in [-0.2, 0) is 9.47 Å². The van der Waals surface area contributed by atoms with E-state index in [0.717, 1.165) is 0 Å². The molecule has 0 saturated carbocycles. The van der Waals surface area contributed by atoms with Crippen molar-refractivity contribution in [1.82, 2.24) is 4.98 Å². The van der Waals surface area contributed by atoms with E-state index in [1.54, 1.807) is 13.8 Å². The largest absolute Gasteiger partial charge is 0.464 e. The Bertz CT molecular complexity index is 558. The predicted molar refractivity (Wildman–Crippen MR) is 61.1 cm³/mol. The third kappa shape index (κ3) is 2.15. The summed E-state index contributed by atoms with van der Waals surface area (Å²) in [5.41, 5.74) is 0.948. The van der Waals surface area contributed by atoms with E-state index in [2.05, 4.69) is 14.5 Å². The van der Waals surface area contributed by atoms with Crippen molar-refractivity contribution >= 4 is 11.9 Å². The van der Waals surface area contributed by atoms with E-state index in [1.165, 1.54) is 14.2 Å². The Morgan fingerprint density at radius 3 is 2.00 bits per heavy atom. The molecule has 18 heavy (non-hydrogen) atoms. The first-order chi connectivity index (χ1) is 8.47. The number of hydrogen-bond acceptors (Lipinski definition) is 6. The fourth-order valence-corrected chi connectivity index (χ4v) is 1.47. The van der Waals surface area contributed by atoms with Gasteiger partial charge in [0.15, 0.2) is 11.4 Å². The zero-order chi connectivity index (χ0) is 13.9. The Balaban J connectivity index is 3.62. The van der Waals surface area contributed by atoms with Gasteiger partial charge in [-0.2, -0.15) is 5.26 Å².